The van der Waals surface area contributed by atoms with Crippen molar-refractivity contribution >= 4 is 5.65 Å². The normalized spacial score (nSPS) is 19.2. The molecule has 0 radical (unpaired) electrons. The van der Waals surface area contributed by atoms with Crippen molar-refractivity contribution in [1.29, 1.82) is 5.26 Å². The number of hydrogen-bond donors (Lipinski definition) is 0. The molecule has 2 aromatic rings. The first-order valence-corrected chi connectivity index (χ1v) is 6.22. The van der Waals surface area contributed by atoms with Crippen LogP contribution in [0, 0.1) is 11.3 Å². The van der Waals surface area contributed by atoms with Gasteiger partial charge in [0, 0.05) is 25.3 Å². The Labute approximate surface area is 105 Å². The molecule has 1 unspecified atom stereocenters. The quantitative estimate of drug-likeness (QED) is 0.822. The largest absolute Gasteiger partial charge is 0.378 e. The molecule has 0 aromatic carbocycles. The molecular formula is C13H14N4O. The maximum Gasteiger partial charge on any atom is 0.162 e. The Hall–Kier alpha value is -1.93. The maximum atomic E-state index is 8.83. The zero-order valence-corrected chi connectivity index (χ0v) is 10.0. The Kier molecular flexibility index (Phi) is 2.95. The van der Waals surface area contributed by atoms with Gasteiger partial charge in [-0.25, -0.2) is 0 Å². The Morgan fingerprint density at radius 3 is 3.22 bits per heavy atom. The summed E-state index contributed by atoms with van der Waals surface area (Å²) in [5.74, 6) is 0.935. The van der Waals surface area contributed by atoms with Crippen LogP contribution in [0.25, 0.3) is 5.65 Å². The molecule has 0 aliphatic carbocycles. The molecular weight excluding hydrogens is 228 g/mol. The van der Waals surface area contributed by atoms with E-state index in [-0.39, 0.29) is 0 Å². The number of pyridine rings is 1. The van der Waals surface area contributed by atoms with Crippen molar-refractivity contribution in [2.24, 2.45) is 0 Å². The van der Waals surface area contributed by atoms with Crippen LogP contribution >= 0.6 is 0 Å². The summed E-state index contributed by atoms with van der Waals surface area (Å²) >= 11 is 0. The minimum absolute atomic E-state index is 0.371. The number of ether oxygens (including phenoxy) is 1. The zero-order chi connectivity index (χ0) is 12.4. The summed E-state index contributed by atoms with van der Waals surface area (Å²) in [7, 11) is 0. The molecule has 1 fully saturated rings. The molecule has 18 heavy (non-hydrogen) atoms. The van der Waals surface area contributed by atoms with Gasteiger partial charge >= 0.3 is 0 Å². The Bertz CT molecular complexity index is 593. The van der Waals surface area contributed by atoms with Gasteiger partial charge in [0.25, 0.3) is 0 Å². The van der Waals surface area contributed by atoms with E-state index in [0.717, 1.165) is 43.8 Å². The van der Waals surface area contributed by atoms with Crippen molar-refractivity contribution in [3.05, 3.63) is 29.7 Å². The lowest BCUT2D eigenvalue weighted by atomic mass is 10.1. The summed E-state index contributed by atoms with van der Waals surface area (Å²) < 4.78 is 7.54. The molecule has 5 heteroatoms. The van der Waals surface area contributed by atoms with Crippen LogP contribution in [0.3, 0.4) is 0 Å². The monoisotopic (exact) mass is 242 g/mol. The molecule has 0 bridgehead atoms. The SMILES string of the molecule is N#Cc1ccn2c(CCC3CCCO3)nnc2c1. The van der Waals surface area contributed by atoms with Gasteiger partial charge in [-0.2, -0.15) is 5.26 Å². The highest BCUT2D eigenvalue weighted by Gasteiger charge is 2.16. The minimum atomic E-state index is 0.371. The van der Waals surface area contributed by atoms with Gasteiger partial charge < -0.3 is 4.74 Å². The van der Waals surface area contributed by atoms with E-state index in [9.17, 15) is 0 Å². The smallest absolute Gasteiger partial charge is 0.162 e. The summed E-state index contributed by atoms with van der Waals surface area (Å²) in [6.07, 6.45) is 6.39. The topological polar surface area (TPSA) is 63.2 Å². The molecule has 0 saturated carbocycles. The molecule has 1 saturated heterocycles. The van der Waals surface area contributed by atoms with Crippen molar-refractivity contribution in [1.82, 2.24) is 14.6 Å². The highest BCUT2D eigenvalue weighted by atomic mass is 16.5. The first kappa shape index (κ1) is 11.2. The highest BCUT2D eigenvalue weighted by molar-refractivity contribution is 5.45. The van der Waals surface area contributed by atoms with Crippen molar-refractivity contribution < 1.29 is 4.74 Å². The molecule has 0 N–H and O–H groups in total. The molecule has 1 aliphatic rings. The van der Waals surface area contributed by atoms with Gasteiger partial charge in [0.2, 0.25) is 0 Å². The second-order valence-electron chi connectivity index (χ2n) is 4.55. The number of nitrogens with zero attached hydrogens (tertiary/aromatic N) is 4. The fraction of sp³-hybridized carbons (Fsp3) is 0.462. The second-order valence-corrected chi connectivity index (χ2v) is 4.55. The molecule has 1 aliphatic heterocycles. The van der Waals surface area contributed by atoms with E-state index < -0.39 is 0 Å². The number of hydrogen-bond acceptors (Lipinski definition) is 4. The van der Waals surface area contributed by atoms with Crippen LogP contribution in [-0.2, 0) is 11.2 Å². The third kappa shape index (κ3) is 2.07. The predicted molar refractivity (Wildman–Crippen MR) is 65.0 cm³/mol. The highest BCUT2D eigenvalue weighted by Crippen LogP contribution is 2.17. The minimum Gasteiger partial charge on any atom is -0.378 e. The van der Waals surface area contributed by atoms with E-state index in [1.807, 2.05) is 10.6 Å². The second kappa shape index (κ2) is 4.75. The number of fused-ring (bicyclic) bond motifs is 1. The summed E-state index contributed by atoms with van der Waals surface area (Å²) in [6.45, 7) is 0.886. The third-order valence-electron chi connectivity index (χ3n) is 3.32. The molecule has 1 atom stereocenters. The van der Waals surface area contributed by atoms with Crippen LogP contribution in [-0.4, -0.2) is 27.3 Å². The van der Waals surface area contributed by atoms with Gasteiger partial charge in [0.15, 0.2) is 5.65 Å². The van der Waals surface area contributed by atoms with Gasteiger partial charge in [-0.1, -0.05) is 0 Å². The molecule has 0 spiro atoms. The van der Waals surface area contributed by atoms with Gasteiger partial charge in [-0.3, -0.25) is 4.40 Å². The van der Waals surface area contributed by atoms with Crippen molar-refractivity contribution in [3.8, 4) is 6.07 Å². The first-order valence-electron chi connectivity index (χ1n) is 6.22. The summed E-state index contributed by atoms with van der Waals surface area (Å²) in [5, 5.41) is 17.1. The van der Waals surface area contributed by atoms with E-state index in [2.05, 4.69) is 16.3 Å². The van der Waals surface area contributed by atoms with E-state index in [1.54, 1.807) is 12.1 Å². The number of aryl methyl sites for hydroxylation is 1. The Morgan fingerprint density at radius 2 is 2.44 bits per heavy atom. The standard InChI is InChI=1S/C13H14N4O/c14-9-10-5-6-17-12(15-16-13(17)8-10)4-3-11-2-1-7-18-11/h5-6,8,11H,1-4,7H2. The number of nitriles is 1. The first-order chi connectivity index (χ1) is 8.86. The Morgan fingerprint density at radius 1 is 1.50 bits per heavy atom. The Balaban J connectivity index is 1.78. The van der Waals surface area contributed by atoms with Crippen LogP contribution < -0.4 is 0 Å². The van der Waals surface area contributed by atoms with Gasteiger partial charge in [-0.05, 0) is 25.3 Å². The summed E-state index contributed by atoms with van der Waals surface area (Å²) in [4.78, 5) is 0. The molecule has 2 aromatic heterocycles. The van der Waals surface area contributed by atoms with Gasteiger partial charge in [-0.15, -0.1) is 10.2 Å². The molecule has 92 valence electrons. The lowest BCUT2D eigenvalue weighted by Gasteiger charge is -2.07. The van der Waals surface area contributed by atoms with Crippen molar-refractivity contribution in [2.45, 2.75) is 31.8 Å². The van der Waals surface area contributed by atoms with E-state index >= 15 is 0 Å². The van der Waals surface area contributed by atoms with Crippen LogP contribution in [0.2, 0.25) is 0 Å². The maximum absolute atomic E-state index is 8.83. The van der Waals surface area contributed by atoms with E-state index in [0.29, 0.717) is 11.7 Å². The lowest BCUT2D eigenvalue weighted by molar-refractivity contribution is 0.104. The molecule has 0 amide bonds. The van der Waals surface area contributed by atoms with Gasteiger partial charge in [0.05, 0.1) is 17.7 Å². The van der Waals surface area contributed by atoms with E-state index in [1.165, 1.54) is 0 Å². The molecule has 3 rings (SSSR count). The summed E-state index contributed by atoms with van der Waals surface area (Å²) in [6, 6.07) is 5.64. The van der Waals surface area contributed by atoms with Crippen molar-refractivity contribution in [2.75, 3.05) is 6.61 Å². The summed E-state index contributed by atoms with van der Waals surface area (Å²) in [5.41, 5.74) is 1.34. The molecule has 5 nitrogen and oxygen atoms in total. The number of rotatable bonds is 3. The van der Waals surface area contributed by atoms with Crippen LogP contribution in [0.4, 0.5) is 0 Å². The van der Waals surface area contributed by atoms with Crippen LogP contribution in [0.15, 0.2) is 18.3 Å². The fourth-order valence-electron chi connectivity index (χ4n) is 2.34. The molecule has 3 heterocycles. The fourth-order valence-corrected chi connectivity index (χ4v) is 2.34. The zero-order valence-electron chi connectivity index (χ0n) is 10.0. The number of aromatic nitrogens is 3. The van der Waals surface area contributed by atoms with E-state index in [4.69, 9.17) is 10.00 Å². The van der Waals surface area contributed by atoms with Crippen LogP contribution in [0.5, 0.6) is 0 Å². The van der Waals surface area contributed by atoms with Crippen LogP contribution in [0.1, 0.15) is 30.7 Å². The average Bonchev–Trinajstić information content (AvgIpc) is 3.05. The lowest BCUT2D eigenvalue weighted by Crippen LogP contribution is -2.07. The predicted octanol–water partition coefficient (Wildman–Crippen LogP) is 1.71. The van der Waals surface area contributed by atoms with Gasteiger partial charge in [0.1, 0.15) is 5.82 Å². The third-order valence-corrected chi connectivity index (χ3v) is 3.32. The van der Waals surface area contributed by atoms with Crippen molar-refractivity contribution in [3.63, 3.8) is 0 Å². The average molecular weight is 242 g/mol.